The number of carbonyl (C=O) groups excluding carboxylic acids is 1. The Bertz CT molecular complexity index is 456. The van der Waals surface area contributed by atoms with Crippen LogP contribution in [0.4, 0.5) is 0 Å². The number of H-pyrrole nitrogens is 1. The standard InChI is InChI=1S/C11H16N2O3S/c1-4-8(10(15)16)17-11-12-7(6(2)3)5-9(14)13-11/h5-6,8H,4H2,1-3H3,(H,15,16)(H,12,13,14)/p-1/t8-/m1/s1. The van der Waals surface area contributed by atoms with Crippen molar-refractivity contribution in [3.05, 3.63) is 22.1 Å². The maximum Gasteiger partial charge on any atom is 0.251 e. The molecule has 0 aliphatic heterocycles. The maximum atomic E-state index is 11.4. The van der Waals surface area contributed by atoms with Crippen LogP contribution in [0.2, 0.25) is 0 Å². The molecule has 17 heavy (non-hydrogen) atoms. The summed E-state index contributed by atoms with van der Waals surface area (Å²) in [4.78, 5) is 28.9. The molecule has 0 saturated carbocycles. The van der Waals surface area contributed by atoms with Gasteiger partial charge in [0.05, 0.1) is 16.9 Å². The molecule has 1 atom stereocenters. The molecule has 0 aliphatic carbocycles. The highest BCUT2D eigenvalue weighted by atomic mass is 32.2. The van der Waals surface area contributed by atoms with Crippen molar-refractivity contribution in [1.29, 1.82) is 0 Å². The molecule has 0 aromatic carbocycles. The number of nitrogens with one attached hydrogen (secondary N) is 1. The summed E-state index contributed by atoms with van der Waals surface area (Å²) in [5.41, 5.74) is 0.392. The van der Waals surface area contributed by atoms with Crippen LogP contribution >= 0.6 is 11.8 Å². The Kier molecular flexibility index (Phi) is 4.74. The average molecular weight is 255 g/mol. The van der Waals surface area contributed by atoms with Gasteiger partial charge in [-0.15, -0.1) is 0 Å². The zero-order chi connectivity index (χ0) is 13.0. The third-order valence-electron chi connectivity index (χ3n) is 2.22. The van der Waals surface area contributed by atoms with Gasteiger partial charge in [-0.2, -0.15) is 0 Å². The summed E-state index contributed by atoms with van der Waals surface area (Å²) >= 11 is 1.01. The normalized spacial score (nSPS) is 12.7. The van der Waals surface area contributed by atoms with Crippen LogP contribution in [0.5, 0.6) is 0 Å². The van der Waals surface area contributed by atoms with E-state index < -0.39 is 11.2 Å². The van der Waals surface area contributed by atoms with Gasteiger partial charge in [-0.1, -0.05) is 32.5 Å². The van der Waals surface area contributed by atoms with Crippen LogP contribution in [0.15, 0.2) is 16.0 Å². The fourth-order valence-corrected chi connectivity index (χ4v) is 2.09. The van der Waals surface area contributed by atoms with Crippen molar-refractivity contribution in [2.45, 2.75) is 43.5 Å². The molecule has 94 valence electrons. The number of carboxylic acids is 1. The van der Waals surface area contributed by atoms with Crippen LogP contribution < -0.4 is 10.7 Å². The summed E-state index contributed by atoms with van der Waals surface area (Å²) in [6, 6.07) is 1.43. The van der Waals surface area contributed by atoms with Gasteiger partial charge >= 0.3 is 0 Å². The number of hydrogen-bond donors (Lipinski definition) is 1. The lowest BCUT2D eigenvalue weighted by atomic mass is 10.1. The zero-order valence-corrected chi connectivity index (χ0v) is 10.8. The van der Waals surface area contributed by atoms with Gasteiger partial charge in [0.1, 0.15) is 0 Å². The van der Waals surface area contributed by atoms with Crippen molar-refractivity contribution in [2.75, 3.05) is 0 Å². The van der Waals surface area contributed by atoms with E-state index in [0.29, 0.717) is 17.3 Å². The average Bonchev–Trinajstić information content (AvgIpc) is 2.24. The lowest BCUT2D eigenvalue weighted by Gasteiger charge is -2.15. The van der Waals surface area contributed by atoms with Gasteiger partial charge < -0.3 is 14.9 Å². The summed E-state index contributed by atoms with van der Waals surface area (Å²) in [5, 5.41) is 10.4. The number of aliphatic carboxylic acids is 1. The number of nitrogens with zero attached hydrogens (tertiary/aromatic N) is 1. The number of rotatable bonds is 5. The minimum Gasteiger partial charge on any atom is -0.549 e. The summed E-state index contributed by atoms with van der Waals surface area (Å²) in [7, 11) is 0. The van der Waals surface area contributed by atoms with E-state index >= 15 is 0 Å². The number of hydrogen-bond acceptors (Lipinski definition) is 5. The second-order valence-electron chi connectivity index (χ2n) is 3.96. The van der Waals surface area contributed by atoms with Crippen LogP contribution in [0.25, 0.3) is 0 Å². The fourth-order valence-electron chi connectivity index (χ4n) is 1.24. The molecule has 0 fully saturated rings. The molecule has 5 nitrogen and oxygen atoms in total. The molecule has 1 aromatic heterocycles. The van der Waals surface area contributed by atoms with E-state index in [4.69, 9.17) is 0 Å². The predicted molar refractivity (Wildman–Crippen MR) is 63.9 cm³/mol. The number of carboxylic acid groups (broad SMARTS) is 1. The van der Waals surface area contributed by atoms with E-state index in [0.717, 1.165) is 11.8 Å². The van der Waals surface area contributed by atoms with Crippen molar-refractivity contribution in [1.82, 2.24) is 9.97 Å². The van der Waals surface area contributed by atoms with Crippen molar-refractivity contribution in [3.8, 4) is 0 Å². The Hall–Kier alpha value is -1.30. The fraction of sp³-hybridized carbons (Fsp3) is 0.545. The lowest BCUT2D eigenvalue weighted by molar-refractivity contribution is -0.304. The van der Waals surface area contributed by atoms with Gasteiger partial charge in [0.15, 0.2) is 5.16 Å². The summed E-state index contributed by atoms with van der Waals surface area (Å²) in [5.74, 6) is -1.02. The number of aromatic amines is 1. The quantitative estimate of drug-likeness (QED) is 0.612. The minimum absolute atomic E-state index is 0.125. The first-order chi connectivity index (χ1) is 7.93. The highest BCUT2D eigenvalue weighted by molar-refractivity contribution is 8.00. The first kappa shape index (κ1) is 13.8. The molecule has 0 radical (unpaired) electrons. The van der Waals surface area contributed by atoms with Crippen molar-refractivity contribution in [3.63, 3.8) is 0 Å². The molecule has 0 saturated heterocycles. The highest BCUT2D eigenvalue weighted by Crippen LogP contribution is 2.22. The second-order valence-corrected chi connectivity index (χ2v) is 5.16. The van der Waals surface area contributed by atoms with E-state index in [2.05, 4.69) is 9.97 Å². The van der Waals surface area contributed by atoms with Crippen LogP contribution in [0.3, 0.4) is 0 Å². The molecule has 0 unspecified atom stereocenters. The lowest BCUT2D eigenvalue weighted by Crippen LogP contribution is -2.33. The van der Waals surface area contributed by atoms with Crippen LogP contribution in [0, 0.1) is 0 Å². The molecule has 1 N–H and O–H groups in total. The van der Waals surface area contributed by atoms with E-state index in [-0.39, 0.29) is 11.5 Å². The molecule has 1 aromatic rings. The molecule has 1 rings (SSSR count). The van der Waals surface area contributed by atoms with Gasteiger partial charge in [-0.05, 0) is 12.3 Å². The molecule has 6 heteroatoms. The maximum absolute atomic E-state index is 11.4. The predicted octanol–water partition coefficient (Wildman–Crippen LogP) is 0.514. The largest absolute Gasteiger partial charge is 0.549 e. The Labute approximate surface area is 104 Å². The van der Waals surface area contributed by atoms with E-state index in [1.807, 2.05) is 13.8 Å². The van der Waals surface area contributed by atoms with Gasteiger partial charge in [-0.25, -0.2) is 4.98 Å². The third kappa shape index (κ3) is 3.89. The summed E-state index contributed by atoms with van der Waals surface area (Å²) < 4.78 is 0. The summed E-state index contributed by atoms with van der Waals surface area (Å²) in [6.07, 6.45) is 0.419. The highest BCUT2D eigenvalue weighted by Gasteiger charge is 2.12. The minimum atomic E-state index is -1.14. The Balaban J connectivity index is 2.98. The van der Waals surface area contributed by atoms with E-state index in [9.17, 15) is 14.7 Å². The zero-order valence-electron chi connectivity index (χ0n) is 10.0. The van der Waals surface area contributed by atoms with E-state index in [1.54, 1.807) is 6.92 Å². The molecule has 0 bridgehead atoms. The van der Waals surface area contributed by atoms with Gasteiger partial charge in [0.25, 0.3) is 5.56 Å². The second kappa shape index (κ2) is 5.86. The molecule has 1 heterocycles. The smallest absolute Gasteiger partial charge is 0.251 e. The Morgan fingerprint density at radius 3 is 2.71 bits per heavy atom. The van der Waals surface area contributed by atoms with Crippen LogP contribution in [-0.4, -0.2) is 21.2 Å². The molecule has 0 amide bonds. The van der Waals surface area contributed by atoms with Gasteiger partial charge in [-0.3, -0.25) is 4.79 Å². The molecular weight excluding hydrogens is 240 g/mol. The topological polar surface area (TPSA) is 85.9 Å². The van der Waals surface area contributed by atoms with E-state index in [1.165, 1.54) is 6.07 Å². The first-order valence-corrected chi connectivity index (χ1v) is 6.30. The van der Waals surface area contributed by atoms with Crippen LogP contribution in [-0.2, 0) is 4.79 Å². The SMILES string of the molecule is CC[C@@H](Sc1nc(C(C)C)cc(=O)[nH]1)C(=O)[O-]. The van der Waals surface area contributed by atoms with Gasteiger partial charge in [0.2, 0.25) is 0 Å². The third-order valence-corrected chi connectivity index (χ3v) is 3.45. The van der Waals surface area contributed by atoms with Crippen molar-refractivity contribution >= 4 is 17.7 Å². The van der Waals surface area contributed by atoms with Crippen molar-refractivity contribution < 1.29 is 9.90 Å². The number of aromatic nitrogens is 2. The molecular formula is C11H15N2O3S-. The van der Waals surface area contributed by atoms with Gasteiger partial charge in [0, 0.05) is 6.07 Å². The number of thioether (sulfide) groups is 1. The Morgan fingerprint density at radius 1 is 1.59 bits per heavy atom. The summed E-state index contributed by atoms with van der Waals surface area (Å²) in [6.45, 7) is 5.59. The van der Waals surface area contributed by atoms with Crippen LogP contribution in [0.1, 0.15) is 38.8 Å². The molecule has 0 aliphatic rings. The van der Waals surface area contributed by atoms with Crippen molar-refractivity contribution in [2.24, 2.45) is 0 Å². The number of carbonyl (C=O) groups is 1. The molecule has 0 spiro atoms. The monoisotopic (exact) mass is 255 g/mol. The first-order valence-electron chi connectivity index (χ1n) is 5.42. The Morgan fingerprint density at radius 2 is 2.24 bits per heavy atom.